The van der Waals surface area contributed by atoms with Gasteiger partial charge >= 0.3 is 0 Å². The number of rotatable bonds is 2. The number of carbonyl (C=O) groups excluding carboxylic acids is 1. The lowest BCUT2D eigenvalue weighted by Gasteiger charge is -2.30. The molecule has 2 aromatic carbocycles. The zero-order valence-electron chi connectivity index (χ0n) is 14.1. The molecule has 27 heavy (non-hydrogen) atoms. The van der Waals surface area contributed by atoms with E-state index in [1.54, 1.807) is 0 Å². The van der Waals surface area contributed by atoms with Gasteiger partial charge in [0.05, 0.1) is 6.04 Å². The fraction of sp³-hybridized carbons (Fsp3) is 0.150. The Balaban J connectivity index is 1.44. The average molecular weight is 488 g/mol. The molecular weight excluding hydrogens is 472 g/mol. The zero-order valence-corrected chi connectivity index (χ0v) is 17.3. The molecule has 0 saturated carbocycles. The summed E-state index contributed by atoms with van der Waals surface area (Å²) in [5, 5.41) is 8.79. The Morgan fingerprint density at radius 2 is 1.44 bits per heavy atom. The standard InChI is InChI=1S/C20H16Br2N4O/c21-10-1-3-12-14(7-23-16(12)5-10)18-9-25-19(20(27)26-18)15-8-24-17-6-11(22)2-4-13(15)17/h1-8,18-19,23-25H,9H2,(H,26,27)/t18-,19?/m0/s1. The van der Waals surface area contributed by atoms with Gasteiger partial charge in [0.25, 0.3) is 0 Å². The van der Waals surface area contributed by atoms with Crippen molar-refractivity contribution in [3.8, 4) is 0 Å². The molecule has 5 rings (SSSR count). The number of piperazine rings is 1. The summed E-state index contributed by atoms with van der Waals surface area (Å²) in [6.07, 6.45) is 3.89. The molecule has 0 aliphatic carbocycles. The van der Waals surface area contributed by atoms with E-state index < -0.39 is 0 Å². The second-order valence-electron chi connectivity index (χ2n) is 6.77. The van der Waals surface area contributed by atoms with Crippen LogP contribution in [-0.4, -0.2) is 22.4 Å². The van der Waals surface area contributed by atoms with E-state index >= 15 is 0 Å². The predicted octanol–water partition coefficient (Wildman–Crippen LogP) is 4.68. The largest absolute Gasteiger partial charge is 0.361 e. The van der Waals surface area contributed by atoms with Crippen LogP contribution in [0.5, 0.6) is 0 Å². The van der Waals surface area contributed by atoms with Crippen LogP contribution < -0.4 is 10.6 Å². The molecule has 1 amide bonds. The highest BCUT2D eigenvalue weighted by Crippen LogP contribution is 2.32. The van der Waals surface area contributed by atoms with Crippen LogP contribution in [-0.2, 0) is 4.79 Å². The van der Waals surface area contributed by atoms with Gasteiger partial charge in [-0.2, -0.15) is 0 Å². The second kappa shape index (κ2) is 6.51. The van der Waals surface area contributed by atoms with Crippen LogP contribution in [0.25, 0.3) is 21.8 Å². The van der Waals surface area contributed by atoms with Crippen molar-refractivity contribution in [3.63, 3.8) is 0 Å². The van der Waals surface area contributed by atoms with Gasteiger partial charge in [-0.3, -0.25) is 10.1 Å². The van der Waals surface area contributed by atoms with Gasteiger partial charge in [-0.25, -0.2) is 0 Å². The van der Waals surface area contributed by atoms with E-state index in [0.29, 0.717) is 6.54 Å². The van der Waals surface area contributed by atoms with Crippen LogP contribution in [0.3, 0.4) is 0 Å². The molecule has 1 aliphatic heterocycles. The monoisotopic (exact) mass is 486 g/mol. The van der Waals surface area contributed by atoms with Gasteiger partial charge in [0.15, 0.2) is 0 Å². The number of carbonyl (C=O) groups is 1. The first-order valence-electron chi connectivity index (χ1n) is 8.67. The number of amides is 1. The van der Waals surface area contributed by atoms with Crippen LogP contribution in [0.2, 0.25) is 0 Å². The summed E-state index contributed by atoms with van der Waals surface area (Å²) in [6.45, 7) is 0.669. The first-order valence-corrected chi connectivity index (χ1v) is 10.3. The molecule has 1 saturated heterocycles. The molecule has 1 unspecified atom stereocenters. The van der Waals surface area contributed by atoms with Gasteiger partial charge in [0, 0.05) is 60.8 Å². The summed E-state index contributed by atoms with van der Waals surface area (Å²) < 4.78 is 2.04. The fourth-order valence-corrected chi connectivity index (χ4v) is 4.56. The third-order valence-corrected chi connectivity index (χ3v) is 6.13. The number of aromatic nitrogens is 2. The molecule has 1 fully saturated rings. The summed E-state index contributed by atoms with van der Waals surface area (Å²) in [7, 11) is 0. The normalized spacial score (nSPS) is 20.3. The van der Waals surface area contributed by atoms with Crippen molar-refractivity contribution in [2.45, 2.75) is 12.1 Å². The van der Waals surface area contributed by atoms with Crippen LogP contribution in [0.15, 0.2) is 57.7 Å². The third kappa shape index (κ3) is 2.90. The minimum absolute atomic E-state index is 0.0125. The van der Waals surface area contributed by atoms with E-state index in [2.05, 4.69) is 58.5 Å². The Morgan fingerprint density at radius 3 is 2.07 bits per heavy atom. The van der Waals surface area contributed by atoms with Crippen molar-refractivity contribution in [1.82, 2.24) is 20.6 Å². The minimum Gasteiger partial charge on any atom is -0.361 e. The lowest BCUT2D eigenvalue weighted by atomic mass is 9.98. The summed E-state index contributed by atoms with van der Waals surface area (Å²) in [5.41, 5.74) is 4.13. The van der Waals surface area contributed by atoms with Crippen molar-refractivity contribution in [2.24, 2.45) is 0 Å². The Bertz CT molecular complexity index is 1180. The van der Waals surface area contributed by atoms with Crippen molar-refractivity contribution in [1.29, 1.82) is 0 Å². The second-order valence-corrected chi connectivity index (χ2v) is 8.60. The Labute approximate surface area is 172 Å². The van der Waals surface area contributed by atoms with Crippen molar-refractivity contribution >= 4 is 59.6 Å². The van der Waals surface area contributed by atoms with Crippen molar-refractivity contribution in [2.75, 3.05) is 6.54 Å². The number of hydrogen-bond acceptors (Lipinski definition) is 2. The van der Waals surface area contributed by atoms with E-state index in [4.69, 9.17) is 0 Å². The molecule has 2 atom stereocenters. The van der Waals surface area contributed by atoms with E-state index in [0.717, 1.165) is 41.9 Å². The van der Waals surface area contributed by atoms with E-state index in [9.17, 15) is 4.79 Å². The maximum atomic E-state index is 12.9. The molecule has 136 valence electrons. The lowest BCUT2D eigenvalue weighted by molar-refractivity contribution is -0.125. The van der Waals surface area contributed by atoms with E-state index in [-0.39, 0.29) is 18.0 Å². The van der Waals surface area contributed by atoms with Gasteiger partial charge in [-0.1, -0.05) is 44.0 Å². The Kier molecular flexibility index (Phi) is 4.11. The molecule has 4 N–H and O–H groups in total. The summed E-state index contributed by atoms with van der Waals surface area (Å²) in [5.74, 6) is -0.0125. The van der Waals surface area contributed by atoms with Gasteiger partial charge in [-0.15, -0.1) is 0 Å². The number of fused-ring (bicyclic) bond motifs is 2. The van der Waals surface area contributed by atoms with E-state index in [1.807, 2.05) is 42.7 Å². The molecule has 0 bridgehead atoms. The van der Waals surface area contributed by atoms with E-state index in [1.165, 1.54) is 0 Å². The third-order valence-electron chi connectivity index (χ3n) is 5.14. The average Bonchev–Trinajstić information content (AvgIpc) is 3.25. The molecule has 7 heteroatoms. The molecule has 5 nitrogen and oxygen atoms in total. The predicted molar refractivity (Wildman–Crippen MR) is 114 cm³/mol. The quantitative estimate of drug-likeness (QED) is 0.331. The van der Waals surface area contributed by atoms with Gasteiger partial charge in [0.2, 0.25) is 5.91 Å². The molecule has 4 aromatic rings. The number of nitrogens with one attached hydrogen (secondary N) is 4. The summed E-state index contributed by atoms with van der Waals surface area (Å²) in [4.78, 5) is 19.4. The molecule has 0 radical (unpaired) electrons. The number of halogens is 2. The highest BCUT2D eigenvalue weighted by Gasteiger charge is 2.31. The smallest absolute Gasteiger partial charge is 0.242 e. The van der Waals surface area contributed by atoms with Crippen LogP contribution >= 0.6 is 31.9 Å². The maximum absolute atomic E-state index is 12.9. The highest BCUT2D eigenvalue weighted by molar-refractivity contribution is 9.10. The molecule has 3 heterocycles. The topological polar surface area (TPSA) is 72.7 Å². The van der Waals surface area contributed by atoms with Gasteiger partial charge in [-0.05, 0) is 24.3 Å². The first kappa shape index (κ1) is 17.0. The Morgan fingerprint density at radius 1 is 0.852 bits per heavy atom. The number of benzene rings is 2. The van der Waals surface area contributed by atoms with Crippen molar-refractivity contribution < 1.29 is 4.79 Å². The highest BCUT2D eigenvalue weighted by atomic mass is 79.9. The van der Waals surface area contributed by atoms with Gasteiger partial charge in [0.1, 0.15) is 6.04 Å². The van der Waals surface area contributed by atoms with Crippen LogP contribution in [0.1, 0.15) is 23.2 Å². The van der Waals surface area contributed by atoms with Crippen LogP contribution in [0.4, 0.5) is 0 Å². The Hall–Kier alpha value is -2.09. The SMILES string of the molecule is O=C1N[C@H](c2c[nH]c3cc(Br)ccc23)CNC1c1c[nH]c2cc(Br)ccc12. The van der Waals surface area contributed by atoms with Crippen LogP contribution in [0, 0.1) is 0 Å². The number of H-pyrrole nitrogens is 2. The molecular formula is C20H16Br2N4O. The number of aromatic amines is 2. The molecule has 2 aromatic heterocycles. The molecule has 0 spiro atoms. The summed E-state index contributed by atoms with van der Waals surface area (Å²) >= 11 is 6.98. The first-order chi connectivity index (χ1) is 13.1. The molecule has 1 aliphatic rings. The minimum atomic E-state index is -0.365. The van der Waals surface area contributed by atoms with Crippen molar-refractivity contribution in [3.05, 3.63) is 68.9 Å². The fourth-order valence-electron chi connectivity index (χ4n) is 3.84. The number of hydrogen-bond donors (Lipinski definition) is 4. The maximum Gasteiger partial charge on any atom is 0.242 e. The van der Waals surface area contributed by atoms with Gasteiger partial charge < -0.3 is 15.3 Å². The zero-order chi connectivity index (χ0) is 18.5. The summed E-state index contributed by atoms with van der Waals surface area (Å²) in [6, 6.07) is 11.7. The lowest BCUT2D eigenvalue weighted by Crippen LogP contribution is -2.49.